The van der Waals surface area contributed by atoms with E-state index in [-0.39, 0.29) is 6.04 Å². The highest BCUT2D eigenvalue weighted by Crippen LogP contribution is 2.30. The van der Waals surface area contributed by atoms with Crippen LogP contribution in [-0.4, -0.2) is 21.2 Å². The van der Waals surface area contributed by atoms with Gasteiger partial charge in [0.25, 0.3) is 0 Å². The molecule has 1 aromatic heterocycles. The molecule has 1 aliphatic rings. The first-order valence-electron chi connectivity index (χ1n) is 6.27. The summed E-state index contributed by atoms with van der Waals surface area (Å²) in [4.78, 5) is 2.42. The highest BCUT2D eigenvalue weighted by Gasteiger charge is 2.26. The monoisotopic (exact) mass is 242 g/mol. The van der Waals surface area contributed by atoms with Crippen molar-refractivity contribution in [1.29, 1.82) is 0 Å². The number of hydrogen-bond acceptors (Lipinski definition) is 3. The molecular formula is C14H18N4. The Morgan fingerprint density at radius 2 is 1.94 bits per heavy atom. The standard InChI is InChI=1S/C14H18N4/c1-17-8-13(7-16-17)14(6-15)18-9-11-4-2-3-5-12(11)10-18/h2-5,7-8,14H,6,9-10,15H2,1H3. The smallest absolute Gasteiger partial charge is 0.0538 e. The van der Waals surface area contributed by atoms with E-state index in [2.05, 4.69) is 40.5 Å². The Kier molecular flexibility index (Phi) is 2.89. The number of aryl methyl sites for hydroxylation is 1. The summed E-state index contributed by atoms with van der Waals surface area (Å²) in [6.45, 7) is 2.58. The molecule has 2 N–H and O–H groups in total. The molecule has 1 aromatic carbocycles. The van der Waals surface area contributed by atoms with Crippen molar-refractivity contribution in [3.05, 3.63) is 53.3 Å². The van der Waals surface area contributed by atoms with Crippen molar-refractivity contribution in [2.75, 3.05) is 6.54 Å². The van der Waals surface area contributed by atoms with E-state index in [1.165, 1.54) is 16.7 Å². The average Bonchev–Trinajstić information content (AvgIpc) is 2.96. The van der Waals surface area contributed by atoms with Crippen molar-refractivity contribution in [3.8, 4) is 0 Å². The maximum Gasteiger partial charge on any atom is 0.0538 e. The molecule has 2 heterocycles. The van der Waals surface area contributed by atoms with E-state index in [1.807, 2.05) is 17.9 Å². The molecule has 0 aliphatic carbocycles. The van der Waals surface area contributed by atoms with Crippen molar-refractivity contribution < 1.29 is 0 Å². The van der Waals surface area contributed by atoms with Crippen LogP contribution in [0, 0.1) is 0 Å². The summed E-state index contributed by atoms with van der Waals surface area (Å²) >= 11 is 0. The fourth-order valence-corrected chi connectivity index (χ4v) is 2.69. The molecule has 0 saturated heterocycles. The van der Waals surface area contributed by atoms with Crippen LogP contribution < -0.4 is 5.73 Å². The number of fused-ring (bicyclic) bond motifs is 1. The second kappa shape index (κ2) is 4.55. The lowest BCUT2D eigenvalue weighted by Crippen LogP contribution is -2.29. The number of aromatic nitrogens is 2. The van der Waals surface area contributed by atoms with Crippen LogP contribution >= 0.6 is 0 Å². The van der Waals surface area contributed by atoms with E-state index in [4.69, 9.17) is 5.73 Å². The fourth-order valence-electron chi connectivity index (χ4n) is 2.69. The number of nitrogens with two attached hydrogens (primary N) is 1. The van der Waals surface area contributed by atoms with Gasteiger partial charge in [0.2, 0.25) is 0 Å². The van der Waals surface area contributed by atoms with Crippen LogP contribution in [0.15, 0.2) is 36.7 Å². The zero-order valence-corrected chi connectivity index (χ0v) is 10.6. The molecular weight excluding hydrogens is 224 g/mol. The molecule has 0 radical (unpaired) electrons. The Balaban J connectivity index is 1.83. The molecule has 0 bridgehead atoms. The van der Waals surface area contributed by atoms with Gasteiger partial charge in [0.05, 0.1) is 12.2 Å². The van der Waals surface area contributed by atoms with Crippen LogP contribution in [0.1, 0.15) is 22.7 Å². The Bertz CT molecular complexity index is 521. The first kappa shape index (κ1) is 11.4. The summed E-state index contributed by atoms with van der Waals surface area (Å²) in [5, 5.41) is 4.24. The second-order valence-electron chi connectivity index (χ2n) is 4.87. The lowest BCUT2D eigenvalue weighted by molar-refractivity contribution is 0.205. The van der Waals surface area contributed by atoms with Gasteiger partial charge in [0.15, 0.2) is 0 Å². The normalized spacial score (nSPS) is 16.8. The van der Waals surface area contributed by atoms with Gasteiger partial charge in [0.1, 0.15) is 0 Å². The number of hydrogen-bond donors (Lipinski definition) is 1. The predicted molar refractivity (Wildman–Crippen MR) is 70.7 cm³/mol. The van der Waals surface area contributed by atoms with Gasteiger partial charge in [-0.2, -0.15) is 5.10 Å². The minimum Gasteiger partial charge on any atom is -0.329 e. The molecule has 2 aromatic rings. The van der Waals surface area contributed by atoms with Crippen LogP contribution in [0.2, 0.25) is 0 Å². The van der Waals surface area contributed by atoms with Crippen molar-refractivity contribution in [2.24, 2.45) is 12.8 Å². The van der Waals surface area contributed by atoms with Gasteiger partial charge >= 0.3 is 0 Å². The Labute approximate surface area is 107 Å². The van der Waals surface area contributed by atoms with E-state index >= 15 is 0 Å². The van der Waals surface area contributed by atoms with Crippen molar-refractivity contribution >= 4 is 0 Å². The van der Waals surface area contributed by atoms with Crippen LogP contribution in [0.3, 0.4) is 0 Å². The van der Waals surface area contributed by atoms with Gasteiger partial charge in [-0.25, -0.2) is 0 Å². The van der Waals surface area contributed by atoms with E-state index in [9.17, 15) is 0 Å². The van der Waals surface area contributed by atoms with Crippen LogP contribution in [0.25, 0.3) is 0 Å². The lowest BCUT2D eigenvalue weighted by atomic mass is 10.1. The quantitative estimate of drug-likeness (QED) is 0.886. The van der Waals surface area contributed by atoms with Gasteiger partial charge in [-0.05, 0) is 11.1 Å². The SMILES string of the molecule is Cn1cc(C(CN)N2Cc3ccccc3C2)cn1. The van der Waals surface area contributed by atoms with Crippen LogP contribution in [-0.2, 0) is 20.1 Å². The Morgan fingerprint density at radius 1 is 1.28 bits per heavy atom. The summed E-state index contributed by atoms with van der Waals surface area (Å²) in [6, 6.07) is 8.86. The Morgan fingerprint density at radius 3 is 2.44 bits per heavy atom. The summed E-state index contributed by atoms with van der Waals surface area (Å²) in [5.74, 6) is 0. The Hall–Kier alpha value is -1.65. The minimum atomic E-state index is 0.256. The first-order chi connectivity index (χ1) is 8.78. The number of benzene rings is 1. The summed E-state index contributed by atoms with van der Waals surface area (Å²) in [6.07, 6.45) is 3.97. The van der Waals surface area contributed by atoms with Crippen molar-refractivity contribution in [3.63, 3.8) is 0 Å². The largest absolute Gasteiger partial charge is 0.329 e. The molecule has 3 rings (SSSR count). The maximum absolute atomic E-state index is 5.95. The summed E-state index contributed by atoms with van der Waals surface area (Å²) in [5.41, 5.74) is 9.98. The number of rotatable bonds is 3. The zero-order chi connectivity index (χ0) is 12.5. The van der Waals surface area contributed by atoms with E-state index < -0.39 is 0 Å². The van der Waals surface area contributed by atoms with E-state index in [0.717, 1.165) is 13.1 Å². The summed E-state index contributed by atoms with van der Waals surface area (Å²) in [7, 11) is 1.94. The van der Waals surface area contributed by atoms with E-state index in [1.54, 1.807) is 0 Å². The molecule has 0 fully saturated rings. The highest BCUT2D eigenvalue weighted by atomic mass is 15.3. The van der Waals surface area contributed by atoms with Crippen molar-refractivity contribution in [2.45, 2.75) is 19.1 Å². The minimum absolute atomic E-state index is 0.256. The number of nitrogens with zero attached hydrogens (tertiary/aromatic N) is 3. The molecule has 1 unspecified atom stereocenters. The third kappa shape index (κ3) is 1.94. The molecule has 0 amide bonds. The molecule has 1 atom stereocenters. The second-order valence-corrected chi connectivity index (χ2v) is 4.87. The summed E-state index contributed by atoms with van der Waals surface area (Å²) < 4.78 is 1.83. The van der Waals surface area contributed by atoms with Gasteiger partial charge in [-0.3, -0.25) is 9.58 Å². The molecule has 18 heavy (non-hydrogen) atoms. The lowest BCUT2D eigenvalue weighted by Gasteiger charge is -2.25. The molecule has 0 spiro atoms. The maximum atomic E-state index is 5.95. The van der Waals surface area contributed by atoms with Crippen LogP contribution in [0.5, 0.6) is 0 Å². The van der Waals surface area contributed by atoms with Gasteiger partial charge < -0.3 is 5.73 Å². The molecule has 4 heteroatoms. The molecule has 94 valence electrons. The molecule has 1 aliphatic heterocycles. The molecule has 4 nitrogen and oxygen atoms in total. The topological polar surface area (TPSA) is 47.1 Å². The van der Waals surface area contributed by atoms with E-state index in [0.29, 0.717) is 6.54 Å². The molecule has 0 saturated carbocycles. The highest BCUT2D eigenvalue weighted by molar-refractivity contribution is 5.31. The predicted octanol–water partition coefficient (Wildman–Crippen LogP) is 1.44. The average molecular weight is 242 g/mol. The first-order valence-corrected chi connectivity index (χ1v) is 6.27. The third-order valence-corrected chi connectivity index (χ3v) is 3.64. The van der Waals surface area contributed by atoms with Gasteiger partial charge in [-0.15, -0.1) is 0 Å². The zero-order valence-electron chi connectivity index (χ0n) is 10.6. The van der Waals surface area contributed by atoms with Gasteiger partial charge in [0, 0.05) is 38.4 Å². The van der Waals surface area contributed by atoms with Crippen molar-refractivity contribution in [1.82, 2.24) is 14.7 Å². The van der Waals surface area contributed by atoms with Gasteiger partial charge in [-0.1, -0.05) is 24.3 Å². The van der Waals surface area contributed by atoms with Crippen LogP contribution in [0.4, 0.5) is 0 Å². The fraction of sp³-hybridized carbons (Fsp3) is 0.357. The third-order valence-electron chi connectivity index (χ3n) is 3.64.